The van der Waals surface area contributed by atoms with Crippen LogP contribution in [0.25, 0.3) is 0 Å². The minimum absolute atomic E-state index is 0.194. The molecule has 0 bridgehead atoms. The zero-order valence-corrected chi connectivity index (χ0v) is 15.8. The number of aryl methyl sites for hydroxylation is 1. The molecule has 3 aromatic rings. The number of hydrogen-bond donors (Lipinski definition) is 1. The molecule has 0 unspecified atom stereocenters. The van der Waals surface area contributed by atoms with E-state index in [1.807, 2.05) is 37.3 Å². The van der Waals surface area contributed by atoms with Gasteiger partial charge in [-0.25, -0.2) is 0 Å². The summed E-state index contributed by atoms with van der Waals surface area (Å²) in [5, 5.41) is 17.6. The molecule has 0 heterocycles. The Hall–Kier alpha value is -2.93. The Labute approximate surface area is 162 Å². The number of rotatable bonds is 6. The smallest absolute Gasteiger partial charge is 0.0991 e. The van der Waals surface area contributed by atoms with E-state index in [-0.39, 0.29) is 6.61 Å². The minimum Gasteiger partial charge on any atom is -0.395 e. The molecule has 0 amide bonds. The van der Waals surface area contributed by atoms with Gasteiger partial charge in [-0.3, -0.25) is 4.90 Å². The Kier molecular flexibility index (Phi) is 8.79. The van der Waals surface area contributed by atoms with Gasteiger partial charge in [-0.2, -0.15) is 5.26 Å². The van der Waals surface area contributed by atoms with Crippen LogP contribution in [0.4, 0.5) is 0 Å². The Balaban J connectivity index is 0.000000244. The van der Waals surface area contributed by atoms with Crippen LogP contribution in [0.5, 0.6) is 0 Å². The van der Waals surface area contributed by atoms with Gasteiger partial charge in [-0.1, -0.05) is 72.8 Å². The number of nitriles is 1. The van der Waals surface area contributed by atoms with Gasteiger partial charge in [0.05, 0.1) is 18.2 Å². The second-order valence-corrected chi connectivity index (χ2v) is 6.39. The van der Waals surface area contributed by atoms with Crippen LogP contribution < -0.4 is 0 Å². The van der Waals surface area contributed by atoms with Crippen molar-refractivity contribution in [1.82, 2.24) is 4.90 Å². The molecule has 3 rings (SSSR count). The molecule has 0 radical (unpaired) electrons. The molecule has 0 saturated carbocycles. The van der Waals surface area contributed by atoms with Crippen molar-refractivity contribution in [1.29, 1.82) is 5.26 Å². The van der Waals surface area contributed by atoms with Crippen molar-refractivity contribution in [3.05, 3.63) is 107 Å². The van der Waals surface area contributed by atoms with Crippen LogP contribution in [0, 0.1) is 18.3 Å². The lowest BCUT2D eigenvalue weighted by molar-refractivity contribution is 0.184. The Bertz CT molecular complexity index is 784. The molecule has 3 nitrogen and oxygen atoms in total. The molecule has 0 fully saturated rings. The molecule has 3 aromatic carbocycles. The second-order valence-electron chi connectivity index (χ2n) is 6.39. The molecule has 3 heteroatoms. The van der Waals surface area contributed by atoms with E-state index in [2.05, 4.69) is 59.5 Å². The lowest BCUT2D eigenvalue weighted by atomic mass is 10.1. The molecule has 0 aliphatic rings. The maximum absolute atomic E-state index is 9.15. The number of nitrogens with zero attached hydrogens (tertiary/aromatic N) is 2. The van der Waals surface area contributed by atoms with Crippen molar-refractivity contribution in [3.63, 3.8) is 0 Å². The SMILES string of the molecule is Cc1cccc(C#N)c1.OCCN(Cc1ccccc1)Cc1ccccc1. The number of aliphatic hydroxyl groups is 1. The Morgan fingerprint density at radius 1 is 0.815 bits per heavy atom. The summed E-state index contributed by atoms with van der Waals surface area (Å²) in [4.78, 5) is 2.25. The van der Waals surface area contributed by atoms with Gasteiger partial charge in [-0.05, 0) is 35.7 Å². The monoisotopic (exact) mass is 358 g/mol. The summed E-state index contributed by atoms with van der Waals surface area (Å²) in [7, 11) is 0. The largest absolute Gasteiger partial charge is 0.395 e. The number of aliphatic hydroxyl groups excluding tert-OH is 1. The van der Waals surface area contributed by atoms with Gasteiger partial charge in [0, 0.05) is 19.6 Å². The predicted octanol–water partition coefficient (Wildman–Crippen LogP) is 4.55. The average molecular weight is 358 g/mol. The summed E-state index contributed by atoms with van der Waals surface area (Å²) in [6.45, 7) is 4.61. The lowest BCUT2D eigenvalue weighted by Crippen LogP contribution is -2.26. The summed E-state index contributed by atoms with van der Waals surface area (Å²) < 4.78 is 0. The highest BCUT2D eigenvalue weighted by molar-refractivity contribution is 5.31. The van der Waals surface area contributed by atoms with Crippen LogP contribution in [0.3, 0.4) is 0 Å². The van der Waals surface area contributed by atoms with Crippen molar-refractivity contribution in [2.45, 2.75) is 20.0 Å². The summed E-state index contributed by atoms with van der Waals surface area (Å²) in [5.74, 6) is 0. The van der Waals surface area contributed by atoms with Crippen molar-refractivity contribution in [3.8, 4) is 6.07 Å². The minimum atomic E-state index is 0.194. The predicted molar refractivity (Wildman–Crippen MR) is 110 cm³/mol. The molecule has 0 spiro atoms. The van der Waals surface area contributed by atoms with Crippen molar-refractivity contribution in [2.75, 3.05) is 13.2 Å². The van der Waals surface area contributed by atoms with Gasteiger partial charge in [0.1, 0.15) is 0 Å². The van der Waals surface area contributed by atoms with E-state index in [0.717, 1.165) is 24.2 Å². The standard InChI is InChI=1S/C16H19NO.C8H7N/c18-12-11-17(13-15-7-3-1-4-8-15)14-16-9-5-2-6-10-16;1-7-3-2-4-8(5-7)6-9/h1-10,18H,11-14H2;2-5H,1H3. The van der Waals surface area contributed by atoms with E-state index >= 15 is 0 Å². The molecule has 0 atom stereocenters. The van der Waals surface area contributed by atoms with Gasteiger partial charge in [0.2, 0.25) is 0 Å². The van der Waals surface area contributed by atoms with Gasteiger partial charge in [0.15, 0.2) is 0 Å². The summed E-state index contributed by atoms with van der Waals surface area (Å²) >= 11 is 0. The molecule has 0 saturated heterocycles. The maximum Gasteiger partial charge on any atom is 0.0991 e. The average Bonchev–Trinajstić information content (AvgIpc) is 2.70. The van der Waals surface area contributed by atoms with Crippen LogP contribution in [0.2, 0.25) is 0 Å². The summed E-state index contributed by atoms with van der Waals surface area (Å²) in [5.41, 5.74) is 4.42. The fraction of sp³-hybridized carbons (Fsp3) is 0.208. The van der Waals surface area contributed by atoms with Crippen LogP contribution >= 0.6 is 0 Å². The highest BCUT2D eigenvalue weighted by Gasteiger charge is 2.06. The molecule has 0 aliphatic carbocycles. The third-order valence-electron chi connectivity index (χ3n) is 4.06. The Morgan fingerprint density at radius 3 is 1.78 bits per heavy atom. The first kappa shape index (κ1) is 20.4. The zero-order valence-electron chi connectivity index (χ0n) is 15.8. The van der Waals surface area contributed by atoms with Gasteiger partial charge < -0.3 is 5.11 Å². The zero-order chi connectivity index (χ0) is 19.3. The topological polar surface area (TPSA) is 47.3 Å². The van der Waals surface area contributed by atoms with Crippen molar-refractivity contribution in [2.24, 2.45) is 0 Å². The van der Waals surface area contributed by atoms with E-state index in [0.29, 0.717) is 6.54 Å². The lowest BCUT2D eigenvalue weighted by Gasteiger charge is -2.21. The molecule has 0 aliphatic heterocycles. The number of hydrogen-bond acceptors (Lipinski definition) is 3. The van der Waals surface area contributed by atoms with E-state index in [1.54, 1.807) is 6.07 Å². The van der Waals surface area contributed by atoms with Crippen molar-refractivity contribution < 1.29 is 5.11 Å². The van der Waals surface area contributed by atoms with Crippen LogP contribution in [-0.2, 0) is 13.1 Å². The highest BCUT2D eigenvalue weighted by Crippen LogP contribution is 2.09. The quantitative estimate of drug-likeness (QED) is 0.703. The van der Waals surface area contributed by atoms with E-state index < -0.39 is 0 Å². The number of benzene rings is 3. The normalized spacial score (nSPS) is 10.0. The molecule has 1 N–H and O–H groups in total. The van der Waals surface area contributed by atoms with E-state index in [9.17, 15) is 0 Å². The molecular weight excluding hydrogens is 332 g/mol. The van der Waals surface area contributed by atoms with Crippen LogP contribution in [0.15, 0.2) is 84.9 Å². The summed E-state index contributed by atoms with van der Waals surface area (Å²) in [6, 6.07) is 30.3. The van der Waals surface area contributed by atoms with E-state index in [1.165, 1.54) is 11.1 Å². The van der Waals surface area contributed by atoms with Gasteiger partial charge in [-0.15, -0.1) is 0 Å². The molecule has 27 heavy (non-hydrogen) atoms. The van der Waals surface area contributed by atoms with Gasteiger partial charge >= 0.3 is 0 Å². The second kappa shape index (κ2) is 11.6. The van der Waals surface area contributed by atoms with Gasteiger partial charge in [0.25, 0.3) is 0 Å². The first-order chi connectivity index (χ1) is 13.2. The van der Waals surface area contributed by atoms with Crippen molar-refractivity contribution >= 4 is 0 Å². The third kappa shape index (κ3) is 7.87. The van der Waals surface area contributed by atoms with E-state index in [4.69, 9.17) is 10.4 Å². The van der Waals surface area contributed by atoms with Crippen LogP contribution in [-0.4, -0.2) is 23.2 Å². The first-order valence-electron chi connectivity index (χ1n) is 9.09. The molecule has 0 aromatic heterocycles. The molecule has 138 valence electrons. The van der Waals surface area contributed by atoms with Crippen LogP contribution in [0.1, 0.15) is 22.3 Å². The summed E-state index contributed by atoms with van der Waals surface area (Å²) in [6.07, 6.45) is 0. The first-order valence-corrected chi connectivity index (χ1v) is 9.09. The highest BCUT2D eigenvalue weighted by atomic mass is 16.3. The Morgan fingerprint density at radius 2 is 1.37 bits per heavy atom. The molecular formula is C24H26N2O. The maximum atomic E-state index is 9.15. The fourth-order valence-corrected chi connectivity index (χ4v) is 2.75. The third-order valence-corrected chi connectivity index (χ3v) is 4.06. The fourth-order valence-electron chi connectivity index (χ4n) is 2.75.